The van der Waals surface area contributed by atoms with E-state index in [1.54, 1.807) is 0 Å². The van der Waals surface area contributed by atoms with Gasteiger partial charge in [-0.05, 0) is 65.1 Å². The van der Waals surface area contributed by atoms with Gasteiger partial charge >= 0.3 is 0 Å². The van der Waals surface area contributed by atoms with E-state index in [9.17, 15) is 0 Å². The van der Waals surface area contributed by atoms with Crippen molar-refractivity contribution >= 4 is 39.1 Å². The van der Waals surface area contributed by atoms with Gasteiger partial charge in [0, 0.05) is 41.1 Å². The first kappa shape index (κ1) is 26.5. The molecule has 2 aliphatic heterocycles. The lowest BCUT2D eigenvalue weighted by Crippen LogP contribution is -2.25. The minimum atomic E-state index is 0.119. The summed E-state index contributed by atoms with van der Waals surface area (Å²) >= 11 is 0. The van der Waals surface area contributed by atoms with Crippen LogP contribution in [-0.2, 0) is 0 Å². The molecule has 0 saturated carbocycles. The van der Waals surface area contributed by atoms with Gasteiger partial charge in [-0.3, -0.25) is 4.98 Å². The topological polar surface area (TPSA) is 33.1 Å². The number of allylic oxidation sites excluding steroid dienone is 5. The summed E-state index contributed by atoms with van der Waals surface area (Å²) in [4.78, 5) is 7.41. The summed E-state index contributed by atoms with van der Waals surface area (Å²) < 4.78 is 2.50. The molecular weight excluding hydrogens is 560 g/mol. The minimum Gasteiger partial charge on any atom is -0.378 e. The molecule has 46 heavy (non-hydrogen) atoms. The van der Waals surface area contributed by atoms with Crippen LogP contribution in [0.25, 0.3) is 38.9 Å². The number of nitrogens with zero attached hydrogens (tertiary/aromatic N) is 3. The molecule has 0 radical (unpaired) electrons. The molecule has 1 unspecified atom stereocenters. The lowest BCUT2D eigenvalue weighted by Gasteiger charge is -2.30. The Hall–Kier alpha value is -5.87. The molecule has 4 heteroatoms. The van der Waals surface area contributed by atoms with Gasteiger partial charge in [0.2, 0.25) is 0 Å². The van der Waals surface area contributed by atoms with E-state index in [1.165, 1.54) is 38.7 Å². The molecule has 2 aromatic heterocycles. The summed E-state index contributed by atoms with van der Waals surface area (Å²) in [5, 5.41) is 4.90. The van der Waals surface area contributed by atoms with E-state index in [0.29, 0.717) is 0 Å². The van der Waals surface area contributed by atoms with Crippen molar-refractivity contribution in [1.82, 2.24) is 14.9 Å². The highest BCUT2D eigenvalue weighted by Crippen LogP contribution is 2.49. The lowest BCUT2D eigenvalue weighted by molar-refractivity contribution is 0.639. The van der Waals surface area contributed by atoms with Crippen molar-refractivity contribution in [3.8, 4) is 11.1 Å². The smallest absolute Gasteiger partial charge is 0.0962 e. The van der Waals surface area contributed by atoms with Crippen molar-refractivity contribution < 1.29 is 0 Å². The number of aromatic nitrogens is 2. The van der Waals surface area contributed by atoms with E-state index in [-0.39, 0.29) is 6.04 Å². The highest BCUT2D eigenvalue weighted by atomic mass is 15.2. The highest BCUT2D eigenvalue weighted by Gasteiger charge is 2.32. The van der Waals surface area contributed by atoms with Crippen LogP contribution in [0.3, 0.4) is 0 Å². The third kappa shape index (κ3) is 4.33. The fourth-order valence-corrected chi connectivity index (χ4v) is 7.29. The van der Waals surface area contributed by atoms with E-state index < -0.39 is 0 Å². The number of rotatable bonds is 4. The molecule has 0 bridgehead atoms. The lowest BCUT2D eigenvalue weighted by atomic mass is 9.87. The first-order chi connectivity index (χ1) is 22.8. The molecule has 0 amide bonds. The molecular formula is C42H32N4. The zero-order chi connectivity index (χ0) is 30.5. The Labute approximate surface area is 269 Å². The Morgan fingerprint density at radius 3 is 2.30 bits per heavy atom. The third-order valence-electron chi connectivity index (χ3n) is 9.34. The maximum Gasteiger partial charge on any atom is 0.0962 e. The molecule has 1 atom stereocenters. The number of para-hydroxylation sites is 1. The van der Waals surface area contributed by atoms with Gasteiger partial charge in [-0.1, -0.05) is 109 Å². The Kier molecular flexibility index (Phi) is 6.31. The van der Waals surface area contributed by atoms with Crippen LogP contribution >= 0.6 is 0 Å². The molecule has 0 fully saturated rings. The first-order valence-corrected chi connectivity index (χ1v) is 16.0. The van der Waals surface area contributed by atoms with Gasteiger partial charge in [-0.15, -0.1) is 0 Å². The zero-order valence-electron chi connectivity index (χ0n) is 25.3. The highest BCUT2D eigenvalue weighted by molar-refractivity contribution is 6.07. The van der Waals surface area contributed by atoms with Gasteiger partial charge in [0.25, 0.3) is 0 Å². The maximum absolute atomic E-state index is 5.02. The van der Waals surface area contributed by atoms with Gasteiger partial charge in [-0.25, -0.2) is 0 Å². The van der Waals surface area contributed by atoms with Crippen LogP contribution in [-0.4, -0.2) is 16.1 Å². The SMILES string of the molecule is C1=CC2=C(NC1)c1ncccc1-c1c(ccc3ccn(C4C=C(c5ccccc5)C=C(c5ccccc5)C4)c13)N2c1ccccc1. The van der Waals surface area contributed by atoms with E-state index in [4.69, 9.17) is 4.98 Å². The van der Waals surface area contributed by atoms with Crippen LogP contribution in [0.1, 0.15) is 29.3 Å². The Morgan fingerprint density at radius 1 is 0.739 bits per heavy atom. The van der Waals surface area contributed by atoms with E-state index in [0.717, 1.165) is 47.0 Å². The number of anilines is 2. The Balaban J connectivity index is 1.31. The summed E-state index contributed by atoms with van der Waals surface area (Å²) in [5.41, 5.74) is 14.1. The molecule has 4 heterocycles. The van der Waals surface area contributed by atoms with Gasteiger partial charge in [0.15, 0.2) is 0 Å². The number of nitrogens with one attached hydrogen (secondary N) is 1. The summed E-state index contributed by atoms with van der Waals surface area (Å²) in [6, 6.07) is 43.5. The standard InChI is InChI=1S/C42H32N4/c1-4-12-29(13-5-1)32-26-33(30-14-6-2-7-15-30)28-35(27-32)45-25-22-31-20-21-37-39(42(31)45)36-18-10-23-43-40(36)41-38(19-11-24-44-41)46(37)34-16-8-3-9-17-34/h1-23,25-27,35,44H,24,28H2. The number of dihydropyridines is 1. The third-order valence-corrected chi connectivity index (χ3v) is 9.34. The second kappa shape index (κ2) is 10.9. The van der Waals surface area contributed by atoms with Crippen LogP contribution in [0.2, 0.25) is 0 Å². The average molecular weight is 593 g/mol. The Morgan fingerprint density at radius 2 is 1.50 bits per heavy atom. The molecule has 220 valence electrons. The summed E-state index contributed by atoms with van der Waals surface area (Å²) in [7, 11) is 0. The monoisotopic (exact) mass is 592 g/mol. The van der Waals surface area contributed by atoms with Crippen LogP contribution in [0.4, 0.5) is 11.4 Å². The van der Waals surface area contributed by atoms with Crippen LogP contribution in [0, 0.1) is 0 Å². The molecule has 6 aromatic rings. The van der Waals surface area contributed by atoms with Crippen molar-refractivity contribution in [1.29, 1.82) is 0 Å². The maximum atomic E-state index is 5.02. The second-order valence-electron chi connectivity index (χ2n) is 12.0. The number of hydrogen-bond acceptors (Lipinski definition) is 3. The van der Waals surface area contributed by atoms with Gasteiger partial charge in [-0.2, -0.15) is 0 Å². The molecule has 1 N–H and O–H groups in total. The Bertz CT molecular complexity index is 2220. The van der Waals surface area contributed by atoms with Gasteiger partial charge in [0.05, 0.1) is 34.3 Å². The molecule has 0 spiro atoms. The normalized spacial score (nSPS) is 17.0. The van der Waals surface area contributed by atoms with E-state index in [1.807, 2.05) is 6.20 Å². The minimum absolute atomic E-state index is 0.119. The average Bonchev–Trinajstić information content (AvgIpc) is 3.52. The van der Waals surface area contributed by atoms with Crippen LogP contribution in [0.5, 0.6) is 0 Å². The number of fused-ring (bicyclic) bond motifs is 6. The fourth-order valence-electron chi connectivity index (χ4n) is 7.29. The van der Waals surface area contributed by atoms with Crippen molar-refractivity contribution in [3.63, 3.8) is 0 Å². The molecule has 9 rings (SSSR count). The number of pyridine rings is 1. The van der Waals surface area contributed by atoms with Gasteiger partial charge in [0.1, 0.15) is 0 Å². The second-order valence-corrected chi connectivity index (χ2v) is 12.0. The van der Waals surface area contributed by atoms with Crippen LogP contribution in [0.15, 0.2) is 164 Å². The fraction of sp³-hybridized carbons (Fsp3) is 0.0714. The van der Waals surface area contributed by atoms with Crippen molar-refractivity contribution in [2.75, 3.05) is 11.4 Å². The van der Waals surface area contributed by atoms with Gasteiger partial charge < -0.3 is 14.8 Å². The van der Waals surface area contributed by atoms with Crippen molar-refractivity contribution in [3.05, 3.63) is 181 Å². The molecule has 1 aliphatic carbocycles. The van der Waals surface area contributed by atoms with E-state index in [2.05, 4.69) is 167 Å². The molecule has 3 aliphatic rings. The van der Waals surface area contributed by atoms with Crippen LogP contribution < -0.4 is 10.2 Å². The van der Waals surface area contributed by atoms with E-state index >= 15 is 0 Å². The number of benzene rings is 4. The summed E-state index contributed by atoms with van der Waals surface area (Å²) in [5.74, 6) is 0. The van der Waals surface area contributed by atoms with Crippen molar-refractivity contribution in [2.24, 2.45) is 0 Å². The number of hydrogen-bond donors (Lipinski definition) is 1. The summed E-state index contributed by atoms with van der Waals surface area (Å²) in [6.45, 7) is 0.767. The molecule has 4 aromatic carbocycles. The quantitative estimate of drug-likeness (QED) is 0.221. The largest absolute Gasteiger partial charge is 0.378 e. The predicted molar refractivity (Wildman–Crippen MR) is 190 cm³/mol. The molecule has 4 nitrogen and oxygen atoms in total. The first-order valence-electron chi connectivity index (χ1n) is 16.0. The predicted octanol–water partition coefficient (Wildman–Crippen LogP) is 9.79. The van der Waals surface area contributed by atoms with Crippen molar-refractivity contribution in [2.45, 2.75) is 12.5 Å². The summed E-state index contributed by atoms with van der Waals surface area (Å²) in [6.07, 6.45) is 14.3. The molecule has 0 saturated heterocycles. The zero-order valence-corrected chi connectivity index (χ0v) is 25.3.